The van der Waals surface area contributed by atoms with Crippen LogP contribution in [0.1, 0.15) is 31.4 Å². The quantitative estimate of drug-likeness (QED) is 0.555. The standard InChI is InChI=1S/C15H18BrClF3N3O2/c1-2-3-4-25-14(24)23-7-10(21-11(8-23)15(18,19)20)9-5-12(16)22-13(17)6-9/h5-6,10-11,21H,2-4,7-8H2,1H3/t10-,11+/m0/s1. The van der Waals surface area contributed by atoms with Crippen molar-refractivity contribution in [3.63, 3.8) is 0 Å². The summed E-state index contributed by atoms with van der Waals surface area (Å²) in [5.74, 6) is 0. The Balaban J connectivity index is 2.20. The molecule has 140 valence electrons. The van der Waals surface area contributed by atoms with Crippen molar-refractivity contribution in [3.05, 3.63) is 27.5 Å². The van der Waals surface area contributed by atoms with Gasteiger partial charge in [-0.2, -0.15) is 13.2 Å². The van der Waals surface area contributed by atoms with Gasteiger partial charge < -0.3 is 9.64 Å². The van der Waals surface area contributed by atoms with Crippen LogP contribution in [0.15, 0.2) is 16.7 Å². The maximum absolute atomic E-state index is 13.2. The summed E-state index contributed by atoms with van der Waals surface area (Å²) in [5, 5.41) is 2.68. The summed E-state index contributed by atoms with van der Waals surface area (Å²) in [4.78, 5) is 17.1. The average Bonchev–Trinajstić information content (AvgIpc) is 2.53. The zero-order valence-electron chi connectivity index (χ0n) is 13.4. The zero-order valence-corrected chi connectivity index (χ0v) is 15.8. The van der Waals surface area contributed by atoms with E-state index in [9.17, 15) is 18.0 Å². The lowest BCUT2D eigenvalue weighted by molar-refractivity contribution is -0.166. The number of nitrogens with one attached hydrogen (secondary N) is 1. The highest BCUT2D eigenvalue weighted by Crippen LogP contribution is 2.30. The Morgan fingerprint density at radius 1 is 1.48 bits per heavy atom. The minimum atomic E-state index is -4.49. The Bertz CT molecular complexity index is 598. The van der Waals surface area contributed by atoms with E-state index < -0.39 is 30.9 Å². The van der Waals surface area contributed by atoms with E-state index in [1.165, 1.54) is 6.07 Å². The lowest BCUT2D eigenvalue weighted by Crippen LogP contribution is -2.59. The number of carbonyl (C=O) groups excluding carboxylic acids is 1. The fraction of sp³-hybridized carbons (Fsp3) is 0.600. The molecule has 0 aliphatic carbocycles. The minimum Gasteiger partial charge on any atom is -0.449 e. The van der Waals surface area contributed by atoms with Gasteiger partial charge in [-0.3, -0.25) is 5.32 Å². The molecule has 1 aromatic heterocycles. The first-order valence-corrected chi connectivity index (χ1v) is 8.95. The number of nitrogens with zero attached hydrogens (tertiary/aromatic N) is 2. The molecule has 1 aliphatic rings. The molecule has 1 amide bonds. The summed E-state index contributed by atoms with van der Waals surface area (Å²) >= 11 is 9.05. The molecule has 0 spiro atoms. The van der Waals surface area contributed by atoms with Gasteiger partial charge in [0, 0.05) is 13.1 Å². The number of rotatable bonds is 4. The summed E-state index contributed by atoms with van der Waals surface area (Å²) in [5.41, 5.74) is 0.507. The fourth-order valence-corrected chi connectivity index (χ4v) is 3.27. The SMILES string of the molecule is CCCCOC(=O)N1C[C@@H](c2cc(Cl)nc(Br)c2)N[C@@H](C(F)(F)F)C1. The number of hydrogen-bond donors (Lipinski definition) is 1. The summed E-state index contributed by atoms with van der Waals surface area (Å²) in [6, 6.07) is 0.457. The van der Waals surface area contributed by atoms with Crippen molar-refractivity contribution in [2.24, 2.45) is 0 Å². The number of halogens is 5. The largest absolute Gasteiger partial charge is 0.449 e. The Morgan fingerprint density at radius 3 is 2.80 bits per heavy atom. The third-order valence-corrected chi connectivity index (χ3v) is 4.37. The number of ether oxygens (including phenoxy) is 1. The van der Waals surface area contributed by atoms with E-state index in [4.69, 9.17) is 16.3 Å². The van der Waals surface area contributed by atoms with Gasteiger partial charge in [-0.25, -0.2) is 9.78 Å². The van der Waals surface area contributed by atoms with Gasteiger partial charge in [-0.1, -0.05) is 24.9 Å². The van der Waals surface area contributed by atoms with Crippen LogP contribution in [0.2, 0.25) is 5.15 Å². The Kier molecular flexibility index (Phi) is 6.93. The van der Waals surface area contributed by atoms with Crippen LogP contribution in [0.5, 0.6) is 0 Å². The van der Waals surface area contributed by atoms with Crippen LogP contribution in [-0.2, 0) is 4.74 Å². The van der Waals surface area contributed by atoms with Gasteiger partial charge in [-0.15, -0.1) is 0 Å². The van der Waals surface area contributed by atoms with Crippen molar-refractivity contribution in [2.75, 3.05) is 19.7 Å². The van der Waals surface area contributed by atoms with E-state index in [0.29, 0.717) is 16.6 Å². The molecule has 10 heteroatoms. The highest BCUT2D eigenvalue weighted by molar-refractivity contribution is 9.10. The molecule has 25 heavy (non-hydrogen) atoms. The van der Waals surface area contributed by atoms with E-state index in [0.717, 1.165) is 11.3 Å². The topological polar surface area (TPSA) is 54.5 Å². The van der Waals surface area contributed by atoms with Crippen molar-refractivity contribution in [2.45, 2.75) is 38.0 Å². The number of alkyl halides is 3. The second-order valence-corrected chi connectivity index (χ2v) is 6.93. The second-order valence-electron chi connectivity index (χ2n) is 5.73. The van der Waals surface area contributed by atoms with Gasteiger partial charge in [0.2, 0.25) is 0 Å². The molecule has 2 heterocycles. The predicted octanol–water partition coefficient (Wildman–Crippen LogP) is 4.31. The van der Waals surface area contributed by atoms with Gasteiger partial charge in [0.25, 0.3) is 0 Å². The second kappa shape index (κ2) is 8.55. The van der Waals surface area contributed by atoms with Crippen LogP contribution in [-0.4, -0.2) is 47.9 Å². The van der Waals surface area contributed by atoms with Gasteiger partial charge in [-0.05, 0) is 40.0 Å². The number of aromatic nitrogens is 1. The highest BCUT2D eigenvalue weighted by Gasteiger charge is 2.46. The molecule has 2 atom stereocenters. The first-order valence-electron chi connectivity index (χ1n) is 7.78. The normalized spacial score (nSPS) is 21.3. The molecule has 1 saturated heterocycles. The van der Waals surface area contributed by atoms with E-state index >= 15 is 0 Å². The monoisotopic (exact) mass is 443 g/mol. The van der Waals surface area contributed by atoms with Crippen LogP contribution in [0.4, 0.5) is 18.0 Å². The minimum absolute atomic E-state index is 0.0460. The van der Waals surface area contributed by atoms with E-state index in [-0.39, 0.29) is 18.3 Å². The van der Waals surface area contributed by atoms with Crippen LogP contribution >= 0.6 is 27.5 Å². The van der Waals surface area contributed by atoms with E-state index in [1.807, 2.05) is 6.92 Å². The number of unbranched alkanes of at least 4 members (excludes halogenated alkanes) is 1. The molecule has 0 radical (unpaired) electrons. The third-order valence-electron chi connectivity index (χ3n) is 3.77. The average molecular weight is 445 g/mol. The smallest absolute Gasteiger partial charge is 0.409 e. The summed E-state index contributed by atoms with van der Waals surface area (Å²) in [7, 11) is 0. The van der Waals surface area contributed by atoms with E-state index in [2.05, 4.69) is 26.2 Å². The number of pyridine rings is 1. The highest BCUT2D eigenvalue weighted by atomic mass is 79.9. The van der Waals surface area contributed by atoms with Crippen LogP contribution < -0.4 is 5.32 Å². The Hall–Kier alpha value is -1.06. The summed E-state index contributed by atoms with van der Waals surface area (Å²) in [6.45, 7) is 1.67. The molecule has 0 bridgehead atoms. The number of hydrogen-bond acceptors (Lipinski definition) is 4. The van der Waals surface area contributed by atoms with Crippen molar-refractivity contribution in [1.29, 1.82) is 0 Å². The number of piperazine rings is 1. The fourth-order valence-electron chi connectivity index (χ4n) is 2.49. The third kappa shape index (κ3) is 5.72. The predicted molar refractivity (Wildman–Crippen MR) is 90.5 cm³/mol. The summed E-state index contributed by atoms with van der Waals surface area (Å²) in [6.07, 6.45) is -3.74. The van der Waals surface area contributed by atoms with Gasteiger partial charge in [0.15, 0.2) is 0 Å². The molecule has 1 fully saturated rings. The summed E-state index contributed by atoms with van der Waals surface area (Å²) < 4.78 is 45.2. The van der Waals surface area contributed by atoms with Gasteiger partial charge in [0.05, 0.1) is 12.6 Å². The Labute approximate surface area is 157 Å². The Morgan fingerprint density at radius 2 is 2.20 bits per heavy atom. The first kappa shape index (κ1) is 20.3. The maximum atomic E-state index is 13.2. The van der Waals surface area contributed by atoms with Crippen molar-refractivity contribution < 1.29 is 22.7 Å². The van der Waals surface area contributed by atoms with Gasteiger partial charge >= 0.3 is 12.3 Å². The van der Waals surface area contributed by atoms with Crippen molar-refractivity contribution in [1.82, 2.24) is 15.2 Å². The lowest BCUT2D eigenvalue weighted by atomic mass is 10.0. The van der Waals surface area contributed by atoms with Crippen LogP contribution in [0.25, 0.3) is 0 Å². The molecule has 1 aromatic rings. The van der Waals surface area contributed by atoms with E-state index in [1.54, 1.807) is 6.07 Å². The molecular formula is C15H18BrClF3N3O2. The maximum Gasteiger partial charge on any atom is 0.409 e. The molecule has 1 N–H and O–H groups in total. The first-order chi connectivity index (χ1) is 11.7. The molecule has 1 aliphatic heterocycles. The van der Waals surface area contributed by atoms with Crippen LogP contribution in [0, 0.1) is 0 Å². The molecule has 5 nitrogen and oxygen atoms in total. The molecular weight excluding hydrogens is 427 g/mol. The zero-order chi connectivity index (χ0) is 18.6. The van der Waals surface area contributed by atoms with Crippen molar-refractivity contribution >= 4 is 33.6 Å². The number of carbonyl (C=O) groups is 1. The van der Waals surface area contributed by atoms with Crippen molar-refractivity contribution in [3.8, 4) is 0 Å². The van der Waals surface area contributed by atoms with Crippen LogP contribution in [0.3, 0.4) is 0 Å². The molecule has 2 rings (SSSR count). The molecule has 0 aromatic carbocycles. The number of amides is 1. The lowest BCUT2D eigenvalue weighted by Gasteiger charge is -2.39. The molecule has 0 saturated carbocycles. The van der Waals surface area contributed by atoms with Gasteiger partial charge in [0.1, 0.15) is 15.8 Å². The molecule has 0 unspecified atom stereocenters.